The Morgan fingerprint density at radius 2 is 1.90 bits per heavy atom. The predicted octanol–water partition coefficient (Wildman–Crippen LogP) is 4.32. The van der Waals surface area contributed by atoms with Crippen molar-refractivity contribution in [1.29, 1.82) is 0 Å². The topological polar surface area (TPSA) is 61.0 Å². The molecular formula is C14H14BrF2N3O. The number of rotatable bonds is 3. The molecule has 0 bridgehead atoms. The van der Waals surface area contributed by atoms with Crippen LogP contribution in [0.25, 0.3) is 0 Å². The van der Waals surface area contributed by atoms with E-state index in [0.717, 1.165) is 6.07 Å². The van der Waals surface area contributed by atoms with E-state index >= 15 is 0 Å². The SMILES string of the molecule is Cc1c(N)nc(C(C)C)nc1Oc1cc(Br)cc(F)c1F. The molecule has 2 aromatic rings. The number of halogens is 3. The third-order valence-electron chi connectivity index (χ3n) is 2.84. The maximum atomic E-state index is 13.8. The molecule has 0 atom stereocenters. The number of hydrogen-bond acceptors (Lipinski definition) is 4. The van der Waals surface area contributed by atoms with Crippen LogP contribution in [0.1, 0.15) is 31.2 Å². The van der Waals surface area contributed by atoms with Gasteiger partial charge in [-0.05, 0) is 19.1 Å². The van der Waals surface area contributed by atoms with Crippen molar-refractivity contribution in [2.24, 2.45) is 0 Å². The van der Waals surface area contributed by atoms with E-state index in [9.17, 15) is 8.78 Å². The van der Waals surface area contributed by atoms with Crippen LogP contribution in [-0.2, 0) is 0 Å². The summed E-state index contributed by atoms with van der Waals surface area (Å²) in [7, 11) is 0. The van der Waals surface area contributed by atoms with Crippen LogP contribution in [0.5, 0.6) is 11.6 Å². The van der Waals surface area contributed by atoms with Gasteiger partial charge >= 0.3 is 0 Å². The molecule has 0 saturated heterocycles. The van der Waals surface area contributed by atoms with Crippen LogP contribution >= 0.6 is 15.9 Å². The zero-order valence-corrected chi connectivity index (χ0v) is 13.3. The highest BCUT2D eigenvalue weighted by atomic mass is 79.9. The Balaban J connectivity index is 2.49. The molecule has 0 radical (unpaired) electrons. The predicted molar refractivity (Wildman–Crippen MR) is 79.4 cm³/mol. The van der Waals surface area contributed by atoms with Crippen LogP contribution in [0.3, 0.4) is 0 Å². The van der Waals surface area contributed by atoms with E-state index < -0.39 is 11.6 Å². The molecule has 112 valence electrons. The quantitative estimate of drug-likeness (QED) is 0.830. The van der Waals surface area contributed by atoms with Crippen molar-refractivity contribution in [1.82, 2.24) is 9.97 Å². The molecule has 21 heavy (non-hydrogen) atoms. The highest BCUT2D eigenvalue weighted by Crippen LogP contribution is 2.32. The fraction of sp³-hybridized carbons (Fsp3) is 0.286. The largest absolute Gasteiger partial charge is 0.435 e. The first-order chi connectivity index (χ1) is 9.79. The number of nitrogens with two attached hydrogens (primary N) is 1. The second-order valence-corrected chi connectivity index (χ2v) is 5.77. The van der Waals surface area contributed by atoms with Crippen LogP contribution < -0.4 is 10.5 Å². The van der Waals surface area contributed by atoms with Gasteiger partial charge in [-0.25, -0.2) is 9.37 Å². The fourth-order valence-electron chi connectivity index (χ4n) is 1.60. The van der Waals surface area contributed by atoms with Gasteiger partial charge < -0.3 is 10.5 Å². The van der Waals surface area contributed by atoms with Gasteiger partial charge in [0.2, 0.25) is 11.7 Å². The number of hydrogen-bond donors (Lipinski definition) is 1. The molecule has 1 aromatic carbocycles. The lowest BCUT2D eigenvalue weighted by molar-refractivity contribution is 0.400. The van der Waals surface area contributed by atoms with E-state index in [1.807, 2.05) is 13.8 Å². The first kappa shape index (κ1) is 15.6. The van der Waals surface area contributed by atoms with Crippen molar-refractivity contribution in [3.05, 3.63) is 39.6 Å². The van der Waals surface area contributed by atoms with Gasteiger partial charge in [-0.15, -0.1) is 0 Å². The third kappa shape index (κ3) is 3.29. The van der Waals surface area contributed by atoms with Gasteiger partial charge in [0.25, 0.3) is 0 Å². The molecule has 0 saturated carbocycles. The summed E-state index contributed by atoms with van der Waals surface area (Å²) in [5.41, 5.74) is 6.27. The summed E-state index contributed by atoms with van der Waals surface area (Å²) >= 11 is 3.09. The lowest BCUT2D eigenvalue weighted by Gasteiger charge is -2.13. The third-order valence-corrected chi connectivity index (χ3v) is 3.30. The molecule has 0 aliphatic rings. The van der Waals surface area contributed by atoms with Gasteiger partial charge in [0.1, 0.15) is 11.6 Å². The molecule has 2 N–H and O–H groups in total. The minimum Gasteiger partial charge on any atom is -0.435 e. The molecule has 7 heteroatoms. The Morgan fingerprint density at radius 3 is 2.52 bits per heavy atom. The van der Waals surface area contributed by atoms with E-state index in [1.54, 1.807) is 6.92 Å². The number of nitrogen functional groups attached to an aromatic ring is 1. The summed E-state index contributed by atoms with van der Waals surface area (Å²) in [5.74, 6) is -1.49. The molecule has 0 aliphatic carbocycles. The summed E-state index contributed by atoms with van der Waals surface area (Å²) in [4.78, 5) is 8.35. The van der Waals surface area contributed by atoms with Crippen LogP contribution in [0.4, 0.5) is 14.6 Å². The molecule has 0 amide bonds. The first-order valence-corrected chi connectivity index (χ1v) is 7.05. The number of anilines is 1. The van der Waals surface area contributed by atoms with Gasteiger partial charge in [0, 0.05) is 10.4 Å². The number of nitrogens with zero attached hydrogens (tertiary/aromatic N) is 2. The van der Waals surface area contributed by atoms with Gasteiger partial charge in [-0.3, -0.25) is 0 Å². The van der Waals surface area contributed by atoms with Crippen LogP contribution in [0.2, 0.25) is 0 Å². The lowest BCUT2D eigenvalue weighted by atomic mass is 10.2. The van der Waals surface area contributed by atoms with Crippen molar-refractivity contribution in [2.45, 2.75) is 26.7 Å². The Bertz CT molecular complexity index is 692. The average Bonchev–Trinajstić information content (AvgIpc) is 2.40. The normalized spacial score (nSPS) is 11.0. The Hall–Kier alpha value is -1.76. The Kier molecular flexibility index (Phi) is 4.41. The maximum absolute atomic E-state index is 13.8. The molecule has 0 aliphatic heterocycles. The minimum atomic E-state index is -1.08. The fourth-order valence-corrected chi connectivity index (χ4v) is 2.01. The van der Waals surface area contributed by atoms with Gasteiger partial charge in [-0.2, -0.15) is 9.37 Å². The first-order valence-electron chi connectivity index (χ1n) is 6.26. The zero-order valence-electron chi connectivity index (χ0n) is 11.7. The smallest absolute Gasteiger partial charge is 0.227 e. The minimum absolute atomic E-state index is 0.0272. The van der Waals surface area contributed by atoms with Crippen molar-refractivity contribution in [3.63, 3.8) is 0 Å². The molecule has 0 spiro atoms. The molecule has 2 rings (SSSR count). The van der Waals surface area contributed by atoms with Gasteiger partial charge in [0.05, 0.1) is 5.56 Å². The van der Waals surface area contributed by atoms with Crippen LogP contribution in [0.15, 0.2) is 16.6 Å². The number of ether oxygens (including phenoxy) is 1. The maximum Gasteiger partial charge on any atom is 0.227 e. The van der Waals surface area contributed by atoms with E-state index in [0.29, 0.717) is 15.9 Å². The van der Waals surface area contributed by atoms with E-state index in [4.69, 9.17) is 10.5 Å². The number of aromatic nitrogens is 2. The average molecular weight is 358 g/mol. The zero-order chi connectivity index (χ0) is 15.7. The standard InChI is InChI=1S/C14H14BrF2N3O/c1-6(2)13-19-12(18)7(3)14(20-13)21-10-5-8(15)4-9(16)11(10)17/h4-6H,1-3H3,(H2,18,19,20). The van der Waals surface area contributed by atoms with Crippen LogP contribution in [0, 0.1) is 18.6 Å². The second kappa shape index (κ2) is 5.93. The summed E-state index contributed by atoms with van der Waals surface area (Å²) < 4.78 is 32.9. The van der Waals surface area contributed by atoms with Crippen molar-refractivity contribution in [3.8, 4) is 11.6 Å². The Morgan fingerprint density at radius 1 is 1.24 bits per heavy atom. The van der Waals surface area contributed by atoms with Crippen molar-refractivity contribution >= 4 is 21.7 Å². The van der Waals surface area contributed by atoms with E-state index in [2.05, 4.69) is 25.9 Å². The number of benzene rings is 1. The van der Waals surface area contributed by atoms with Crippen molar-refractivity contribution in [2.75, 3.05) is 5.73 Å². The molecular weight excluding hydrogens is 344 g/mol. The monoisotopic (exact) mass is 357 g/mol. The van der Waals surface area contributed by atoms with Gasteiger partial charge in [-0.1, -0.05) is 29.8 Å². The summed E-state index contributed by atoms with van der Waals surface area (Å²) in [6.45, 7) is 5.45. The summed E-state index contributed by atoms with van der Waals surface area (Å²) in [5, 5.41) is 0. The van der Waals surface area contributed by atoms with Crippen molar-refractivity contribution < 1.29 is 13.5 Å². The van der Waals surface area contributed by atoms with Gasteiger partial charge in [0.15, 0.2) is 11.6 Å². The summed E-state index contributed by atoms with van der Waals surface area (Å²) in [6.07, 6.45) is 0. The molecule has 0 fully saturated rings. The lowest BCUT2D eigenvalue weighted by Crippen LogP contribution is -2.06. The van der Waals surface area contributed by atoms with E-state index in [1.165, 1.54) is 6.07 Å². The molecule has 1 heterocycles. The molecule has 4 nitrogen and oxygen atoms in total. The molecule has 0 unspecified atom stereocenters. The second-order valence-electron chi connectivity index (χ2n) is 4.85. The highest BCUT2D eigenvalue weighted by Gasteiger charge is 2.17. The summed E-state index contributed by atoms with van der Waals surface area (Å²) in [6, 6.07) is 2.34. The van der Waals surface area contributed by atoms with Crippen LogP contribution in [-0.4, -0.2) is 9.97 Å². The Labute approximate surface area is 129 Å². The highest BCUT2D eigenvalue weighted by molar-refractivity contribution is 9.10. The molecule has 1 aromatic heterocycles. The van der Waals surface area contributed by atoms with E-state index in [-0.39, 0.29) is 23.4 Å².